The van der Waals surface area contributed by atoms with Gasteiger partial charge in [0.05, 0.1) is 13.2 Å². The fraction of sp³-hybridized carbons (Fsp3) is 0.778. The molecule has 0 spiro atoms. The minimum atomic E-state index is 0.0248. The number of nitrogens with one attached hydrogen (secondary N) is 1. The summed E-state index contributed by atoms with van der Waals surface area (Å²) in [5.74, 6) is 0. The Labute approximate surface area is 79.2 Å². The molecule has 13 heavy (non-hydrogen) atoms. The van der Waals surface area contributed by atoms with E-state index in [4.69, 9.17) is 4.74 Å². The Bertz CT molecular complexity index is 156. The van der Waals surface area contributed by atoms with Gasteiger partial charge in [0.15, 0.2) is 0 Å². The summed E-state index contributed by atoms with van der Waals surface area (Å²) in [6.07, 6.45) is 1.81. The van der Waals surface area contributed by atoms with Crippen molar-refractivity contribution < 1.29 is 9.53 Å². The largest absolute Gasteiger partial charge is 0.378 e. The van der Waals surface area contributed by atoms with E-state index in [2.05, 4.69) is 12.2 Å². The van der Waals surface area contributed by atoms with Gasteiger partial charge in [-0.25, -0.2) is 4.79 Å². The molecule has 0 bridgehead atoms. The van der Waals surface area contributed by atoms with Crippen LogP contribution in [0.25, 0.3) is 0 Å². The fourth-order valence-electron chi connectivity index (χ4n) is 1.20. The highest BCUT2D eigenvalue weighted by atomic mass is 16.5. The fourth-order valence-corrected chi connectivity index (χ4v) is 1.20. The van der Waals surface area contributed by atoms with Gasteiger partial charge < -0.3 is 15.0 Å². The normalized spacial score (nSPS) is 17.2. The minimum absolute atomic E-state index is 0.0248. The van der Waals surface area contributed by atoms with Crippen molar-refractivity contribution in [2.24, 2.45) is 0 Å². The first kappa shape index (κ1) is 10.3. The number of carbonyl (C=O) groups excluding carboxylic acids is 1. The molecular formula is C9H17N2O2. The molecule has 0 atom stereocenters. The van der Waals surface area contributed by atoms with Crippen LogP contribution in [0.15, 0.2) is 0 Å². The number of hydrogen-bond donors (Lipinski definition) is 1. The molecule has 4 heteroatoms. The quantitative estimate of drug-likeness (QED) is 0.656. The topological polar surface area (TPSA) is 41.6 Å². The lowest BCUT2D eigenvalue weighted by Crippen LogP contribution is -2.46. The maximum absolute atomic E-state index is 11.4. The van der Waals surface area contributed by atoms with Gasteiger partial charge in [0.2, 0.25) is 0 Å². The van der Waals surface area contributed by atoms with E-state index >= 15 is 0 Å². The summed E-state index contributed by atoms with van der Waals surface area (Å²) in [5, 5.41) is 2.84. The van der Waals surface area contributed by atoms with Gasteiger partial charge >= 0.3 is 6.03 Å². The first-order valence-corrected chi connectivity index (χ1v) is 4.74. The van der Waals surface area contributed by atoms with Crippen molar-refractivity contribution in [3.05, 3.63) is 6.92 Å². The van der Waals surface area contributed by atoms with Crippen LogP contribution in [0.1, 0.15) is 12.8 Å². The predicted molar refractivity (Wildman–Crippen MR) is 50.4 cm³/mol. The second-order valence-corrected chi connectivity index (χ2v) is 3.04. The summed E-state index contributed by atoms with van der Waals surface area (Å²) in [5.41, 5.74) is 0. The maximum Gasteiger partial charge on any atom is 0.317 e. The van der Waals surface area contributed by atoms with E-state index in [9.17, 15) is 4.79 Å². The van der Waals surface area contributed by atoms with Crippen LogP contribution in [0.4, 0.5) is 4.79 Å². The molecular weight excluding hydrogens is 168 g/mol. The zero-order chi connectivity index (χ0) is 9.52. The van der Waals surface area contributed by atoms with Crippen LogP contribution in [0.3, 0.4) is 0 Å². The van der Waals surface area contributed by atoms with Crippen molar-refractivity contribution in [3.8, 4) is 0 Å². The molecule has 1 saturated heterocycles. The maximum atomic E-state index is 11.4. The van der Waals surface area contributed by atoms with Crippen molar-refractivity contribution >= 4 is 6.03 Å². The molecule has 0 aliphatic carbocycles. The molecule has 0 aromatic carbocycles. The molecule has 1 aliphatic rings. The monoisotopic (exact) mass is 185 g/mol. The number of hydrogen-bond acceptors (Lipinski definition) is 2. The van der Waals surface area contributed by atoms with Crippen LogP contribution in [0, 0.1) is 6.92 Å². The molecule has 4 nitrogen and oxygen atoms in total. The SMILES string of the molecule is [CH2]CCCNC(=O)N1CCOCC1. The molecule has 1 aliphatic heterocycles. The van der Waals surface area contributed by atoms with Gasteiger partial charge in [0.1, 0.15) is 0 Å². The standard InChI is InChI=1S/C9H17N2O2/c1-2-3-4-10-9(12)11-5-7-13-8-6-11/h1-8H2,(H,10,12). The van der Waals surface area contributed by atoms with Gasteiger partial charge in [-0.15, -0.1) is 0 Å². The van der Waals surface area contributed by atoms with Crippen LogP contribution in [-0.2, 0) is 4.74 Å². The Morgan fingerprint density at radius 2 is 2.15 bits per heavy atom. The molecule has 2 amide bonds. The number of rotatable bonds is 3. The van der Waals surface area contributed by atoms with Crippen molar-refractivity contribution in [2.75, 3.05) is 32.8 Å². The van der Waals surface area contributed by atoms with Crippen molar-refractivity contribution in [3.63, 3.8) is 0 Å². The number of morpholine rings is 1. The summed E-state index contributed by atoms with van der Waals surface area (Å²) in [6, 6.07) is 0.0248. The van der Waals surface area contributed by atoms with E-state index in [0.717, 1.165) is 19.4 Å². The number of amides is 2. The van der Waals surface area contributed by atoms with Crippen LogP contribution in [-0.4, -0.2) is 43.8 Å². The molecule has 1 rings (SSSR count). The molecule has 0 unspecified atom stereocenters. The Hall–Kier alpha value is -0.770. The number of unbranched alkanes of at least 4 members (excludes halogenated alkanes) is 1. The number of urea groups is 1. The molecule has 0 saturated carbocycles. The summed E-state index contributed by atoms with van der Waals surface area (Å²) < 4.78 is 5.14. The van der Waals surface area contributed by atoms with E-state index in [1.54, 1.807) is 4.90 Å². The highest BCUT2D eigenvalue weighted by Crippen LogP contribution is 1.96. The lowest BCUT2D eigenvalue weighted by Gasteiger charge is -2.26. The van der Waals surface area contributed by atoms with Gasteiger partial charge in [-0.2, -0.15) is 0 Å². The Morgan fingerprint density at radius 1 is 1.46 bits per heavy atom. The number of ether oxygens (including phenoxy) is 1. The molecule has 1 radical (unpaired) electrons. The van der Waals surface area contributed by atoms with E-state index in [1.807, 2.05) is 0 Å². The third-order valence-electron chi connectivity index (χ3n) is 2.00. The average Bonchev–Trinajstić information content (AvgIpc) is 2.19. The van der Waals surface area contributed by atoms with Crippen LogP contribution in [0.2, 0.25) is 0 Å². The van der Waals surface area contributed by atoms with Gasteiger partial charge in [0.25, 0.3) is 0 Å². The minimum Gasteiger partial charge on any atom is -0.378 e. The predicted octanol–water partition coefficient (Wildman–Crippen LogP) is 0.642. The average molecular weight is 185 g/mol. The molecule has 0 aromatic heterocycles. The summed E-state index contributed by atoms with van der Waals surface area (Å²) in [7, 11) is 0. The van der Waals surface area contributed by atoms with E-state index in [0.29, 0.717) is 26.3 Å². The first-order chi connectivity index (χ1) is 6.34. The zero-order valence-electron chi connectivity index (χ0n) is 7.92. The third-order valence-corrected chi connectivity index (χ3v) is 2.00. The zero-order valence-corrected chi connectivity index (χ0v) is 7.92. The molecule has 0 aromatic rings. The van der Waals surface area contributed by atoms with Gasteiger partial charge in [0, 0.05) is 19.6 Å². The molecule has 1 heterocycles. The molecule has 75 valence electrons. The summed E-state index contributed by atoms with van der Waals surface area (Å²) in [6.45, 7) is 7.15. The van der Waals surface area contributed by atoms with E-state index < -0.39 is 0 Å². The summed E-state index contributed by atoms with van der Waals surface area (Å²) >= 11 is 0. The third kappa shape index (κ3) is 3.63. The van der Waals surface area contributed by atoms with Crippen LogP contribution >= 0.6 is 0 Å². The van der Waals surface area contributed by atoms with E-state index in [-0.39, 0.29) is 6.03 Å². The highest BCUT2D eigenvalue weighted by Gasteiger charge is 2.15. The van der Waals surface area contributed by atoms with Gasteiger partial charge in [-0.05, 0) is 6.42 Å². The lowest BCUT2D eigenvalue weighted by molar-refractivity contribution is 0.0532. The smallest absolute Gasteiger partial charge is 0.317 e. The van der Waals surface area contributed by atoms with Crippen molar-refractivity contribution in [1.82, 2.24) is 10.2 Å². The van der Waals surface area contributed by atoms with Gasteiger partial charge in [-0.1, -0.05) is 13.3 Å². The Morgan fingerprint density at radius 3 is 2.77 bits per heavy atom. The van der Waals surface area contributed by atoms with Crippen molar-refractivity contribution in [2.45, 2.75) is 12.8 Å². The lowest BCUT2D eigenvalue weighted by atomic mass is 10.3. The molecule has 1 N–H and O–H groups in total. The number of nitrogens with zero attached hydrogens (tertiary/aromatic N) is 1. The summed E-state index contributed by atoms with van der Waals surface area (Å²) in [4.78, 5) is 13.2. The first-order valence-electron chi connectivity index (χ1n) is 4.74. The molecule has 1 fully saturated rings. The second-order valence-electron chi connectivity index (χ2n) is 3.04. The van der Waals surface area contributed by atoms with E-state index in [1.165, 1.54) is 0 Å². The highest BCUT2D eigenvalue weighted by molar-refractivity contribution is 5.74. The Balaban J connectivity index is 2.13. The number of carbonyl (C=O) groups is 1. The second kappa shape index (κ2) is 5.80. The Kier molecular flexibility index (Phi) is 4.60. The van der Waals surface area contributed by atoms with Gasteiger partial charge in [-0.3, -0.25) is 0 Å². The van der Waals surface area contributed by atoms with Crippen LogP contribution in [0.5, 0.6) is 0 Å². The van der Waals surface area contributed by atoms with Crippen LogP contribution < -0.4 is 5.32 Å². The van der Waals surface area contributed by atoms with Crippen molar-refractivity contribution in [1.29, 1.82) is 0 Å².